The van der Waals surface area contributed by atoms with Gasteiger partial charge in [0.15, 0.2) is 0 Å². The molecule has 4 atom stereocenters. The normalized spacial score (nSPS) is 31.9. The number of nitrogens with one attached hydrogen (secondary N) is 1. The predicted molar refractivity (Wildman–Crippen MR) is 113 cm³/mol. The summed E-state index contributed by atoms with van der Waals surface area (Å²) in [7, 11) is -3.48. The summed E-state index contributed by atoms with van der Waals surface area (Å²) in [6, 6.07) is 6.68. The standard InChI is InChI=1S/C21H32ClN3O2S/c1-16-6-9-24(10-7-16)14-18-15-25-11-8-17(18)12-20(25)13-23-28(26,27)21-4-2-19(22)3-5-21/h2-5,16-18,20,23H,6-15H2,1H3/t17-,18+,20+/m0/s1. The number of fused-ring (bicyclic) bond motifs is 3. The smallest absolute Gasteiger partial charge is 0.240 e. The van der Waals surface area contributed by atoms with Crippen molar-refractivity contribution in [1.29, 1.82) is 0 Å². The second-order valence-electron chi connectivity index (χ2n) is 8.98. The lowest BCUT2D eigenvalue weighted by Gasteiger charge is -2.51. The SMILES string of the molecule is CC1CCN(C[C@@H]2CN3CC[C@H]2C[C@@H]3CNS(=O)(=O)c2ccc(Cl)cc2)CC1. The zero-order valence-electron chi connectivity index (χ0n) is 16.7. The first-order valence-corrected chi connectivity index (χ1v) is 12.5. The van der Waals surface area contributed by atoms with Gasteiger partial charge in [-0.2, -0.15) is 0 Å². The van der Waals surface area contributed by atoms with E-state index >= 15 is 0 Å². The van der Waals surface area contributed by atoms with Crippen molar-refractivity contribution in [3.63, 3.8) is 0 Å². The van der Waals surface area contributed by atoms with Gasteiger partial charge in [0.25, 0.3) is 0 Å². The molecule has 1 N–H and O–H groups in total. The van der Waals surface area contributed by atoms with E-state index in [1.165, 1.54) is 38.9 Å². The van der Waals surface area contributed by atoms with E-state index in [-0.39, 0.29) is 4.90 Å². The molecule has 0 radical (unpaired) electrons. The Morgan fingerprint density at radius 3 is 2.46 bits per heavy atom. The average molecular weight is 426 g/mol. The summed E-state index contributed by atoms with van der Waals surface area (Å²) >= 11 is 5.87. The zero-order valence-corrected chi connectivity index (χ0v) is 18.3. The Bertz CT molecular complexity index is 762. The van der Waals surface area contributed by atoms with Crippen LogP contribution in [-0.2, 0) is 10.0 Å². The molecule has 7 heteroatoms. The lowest BCUT2D eigenvalue weighted by atomic mass is 9.75. The fraction of sp³-hybridized carbons (Fsp3) is 0.714. The molecule has 0 aromatic heterocycles. The molecule has 0 spiro atoms. The molecule has 4 aliphatic heterocycles. The lowest BCUT2D eigenvalue weighted by molar-refractivity contribution is -0.0136. The van der Waals surface area contributed by atoms with E-state index in [4.69, 9.17) is 11.6 Å². The van der Waals surface area contributed by atoms with Crippen molar-refractivity contribution in [2.24, 2.45) is 17.8 Å². The fourth-order valence-corrected chi connectivity index (χ4v) is 6.35. The third-order valence-electron chi connectivity index (χ3n) is 7.02. The Balaban J connectivity index is 1.30. The highest BCUT2D eigenvalue weighted by molar-refractivity contribution is 7.89. The van der Waals surface area contributed by atoms with Crippen LogP contribution in [0.4, 0.5) is 0 Å². The summed E-state index contributed by atoms with van der Waals surface area (Å²) in [5.74, 6) is 2.35. The van der Waals surface area contributed by atoms with Crippen molar-refractivity contribution in [3.8, 4) is 0 Å². The largest absolute Gasteiger partial charge is 0.303 e. The summed E-state index contributed by atoms with van der Waals surface area (Å²) in [4.78, 5) is 5.46. The summed E-state index contributed by atoms with van der Waals surface area (Å²) in [6.45, 7) is 8.78. The third-order valence-corrected chi connectivity index (χ3v) is 8.71. The topological polar surface area (TPSA) is 52.6 Å². The van der Waals surface area contributed by atoms with E-state index in [2.05, 4.69) is 21.4 Å². The Morgan fingerprint density at radius 1 is 1.11 bits per heavy atom. The van der Waals surface area contributed by atoms with Gasteiger partial charge < -0.3 is 4.90 Å². The molecule has 4 aliphatic rings. The van der Waals surface area contributed by atoms with Gasteiger partial charge in [-0.15, -0.1) is 0 Å². The van der Waals surface area contributed by atoms with Gasteiger partial charge in [-0.05, 0) is 87.3 Å². The molecule has 28 heavy (non-hydrogen) atoms. The number of sulfonamides is 1. The highest BCUT2D eigenvalue weighted by Gasteiger charge is 2.40. The second-order valence-corrected chi connectivity index (χ2v) is 11.2. The van der Waals surface area contributed by atoms with Crippen LogP contribution in [0.5, 0.6) is 0 Å². The minimum absolute atomic E-state index is 0.282. The highest BCUT2D eigenvalue weighted by Crippen LogP contribution is 2.37. The first-order chi connectivity index (χ1) is 13.4. The van der Waals surface area contributed by atoms with Crippen LogP contribution in [0.2, 0.25) is 5.02 Å². The number of benzene rings is 1. The second kappa shape index (κ2) is 8.60. The van der Waals surface area contributed by atoms with E-state index < -0.39 is 10.0 Å². The van der Waals surface area contributed by atoms with Crippen LogP contribution in [0, 0.1) is 17.8 Å². The average Bonchev–Trinajstić information content (AvgIpc) is 2.69. The van der Waals surface area contributed by atoms with Crippen molar-refractivity contribution in [3.05, 3.63) is 29.3 Å². The van der Waals surface area contributed by atoms with Crippen LogP contribution >= 0.6 is 11.6 Å². The molecule has 4 heterocycles. The van der Waals surface area contributed by atoms with E-state index in [0.717, 1.165) is 37.3 Å². The van der Waals surface area contributed by atoms with E-state index in [1.54, 1.807) is 24.3 Å². The van der Waals surface area contributed by atoms with E-state index in [1.807, 2.05) is 0 Å². The van der Waals surface area contributed by atoms with Crippen LogP contribution in [-0.4, -0.2) is 63.5 Å². The molecule has 0 saturated carbocycles. The van der Waals surface area contributed by atoms with Crippen molar-refractivity contribution in [2.75, 3.05) is 39.3 Å². The first kappa shape index (κ1) is 20.6. The molecule has 0 amide bonds. The molecular formula is C21H32ClN3O2S. The van der Waals surface area contributed by atoms with E-state index in [0.29, 0.717) is 17.6 Å². The Hall–Kier alpha value is -0.660. The number of hydrogen-bond donors (Lipinski definition) is 1. The van der Waals surface area contributed by atoms with Gasteiger partial charge in [0.1, 0.15) is 0 Å². The number of rotatable bonds is 6. The monoisotopic (exact) mass is 425 g/mol. The summed E-state index contributed by atoms with van der Waals surface area (Å²) in [6.07, 6.45) is 5.03. The maximum Gasteiger partial charge on any atom is 0.240 e. The van der Waals surface area contributed by atoms with Crippen molar-refractivity contribution >= 4 is 21.6 Å². The van der Waals surface area contributed by atoms with Gasteiger partial charge in [-0.3, -0.25) is 4.90 Å². The number of halogens is 1. The maximum atomic E-state index is 12.6. The minimum Gasteiger partial charge on any atom is -0.303 e. The Kier molecular flexibility index (Phi) is 6.33. The van der Waals surface area contributed by atoms with Gasteiger partial charge in [0, 0.05) is 30.7 Å². The highest BCUT2D eigenvalue weighted by atomic mass is 35.5. The molecule has 1 aromatic carbocycles. The molecule has 1 unspecified atom stereocenters. The molecule has 4 saturated heterocycles. The fourth-order valence-electron chi connectivity index (χ4n) is 5.15. The number of hydrogen-bond acceptors (Lipinski definition) is 4. The van der Waals surface area contributed by atoms with Crippen LogP contribution in [0.15, 0.2) is 29.2 Å². The number of nitrogens with zero attached hydrogens (tertiary/aromatic N) is 2. The molecule has 1 aromatic rings. The number of likely N-dealkylation sites (tertiary alicyclic amines) is 1. The van der Waals surface area contributed by atoms with Crippen molar-refractivity contribution in [1.82, 2.24) is 14.5 Å². The molecule has 156 valence electrons. The van der Waals surface area contributed by atoms with E-state index in [9.17, 15) is 8.42 Å². The summed E-state index contributed by atoms with van der Waals surface area (Å²) in [5, 5.41) is 0.545. The van der Waals surface area contributed by atoms with Crippen molar-refractivity contribution in [2.45, 2.75) is 43.5 Å². The Labute approximate surface area is 174 Å². The third kappa shape index (κ3) is 4.73. The number of piperidine rings is 4. The molecular weight excluding hydrogens is 394 g/mol. The molecule has 5 nitrogen and oxygen atoms in total. The Morgan fingerprint density at radius 2 is 1.82 bits per heavy atom. The lowest BCUT2D eigenvalue weighted by Crippen LogP contribution is -2.58. The molecule has 4 fully saturated rings. The first-order valence-electron chi connectivity index (χ1n) is 10.6. The van der Waals surface area contributed by atoms with Crippen molar-refractivity contribution < 1.29 is 8.42 Å². The zero-order chi connectivity index (χ0) is 19.7. The van der Waals surface area contributed by atoms with Gasteiger partial charge in [-0.25, -0.2) is 13.1 Å². The van der Waals surface area contributed by atoms with Gasteiger partial charge in [0.05, 0.1) is 4.90 Å². The van der Waals surface area contributed by atoms with Gasteiger partial charge in [-0.1, -0.05) is 18.5 Å². The minimum atomic E-state index is -3.48. The van der Waals surface area contributed by atoms with Crippen LogP contribution in [0.3, 0.4) is 0 Å². The van der Waals surface area contributed by atoms with Gasteiger partial charge >= 0.3 is 0 Å². The summed E-state index contributed by atoms with van der Waals surface area (Å²) < 4.78 is 28.0. The quantitative estimate of drug-likeness (QED) is 0.761. The molecule has 5 rings (SSSR count). The maximum absolute atomic E-state index is 12.6. The predicted octanol–water partition coefficient (Wildman–Crippen LogP) is 3.06. The van der Waals surface area contributed by atoms with Crippen LogP contribution in [0.25, 0.3) is 0 Å². The van der Waals surface area contributed by atoms with Crippen LogP contribution < -0.4 is 4.72 Å². The molecule has 0 aliphatic carbocycles. The van der Waals surface area contributed by atoms with Gasteiger partial charge in [0.2, 0.25) is 10.0 Å². The van der Waals surface area contributed by atoms with Crippen LogP contribution in [0.1, 0.15) is 32.6 Å². The summed E-state index contributed by atoms with van der Waals surface area (Å²) in [5.41, 5.74) is 0. The molecule has 2 bridgehead atoms.